The summed E-state index contributed by atoms with van der Waals surface area (Å²) in [5.41, 5.74) is 1.09. The molecule has 0 aliphatic heterocycles. The first-order valence-electron chi connectivity index (χ1n) is 7.25. The molecular formula is C16H25F3N2. The van der Waals surface area contributed by atoms with Crippen molar-refractivity contribution in [3.05, 3.63) is 35.9 Å². The molecule has 0 radical (unpaired) electrons. The molecule has 0 bridgehead atoms. The summed E-state index contributed by atoms with van der Waals surface area (Å²) in [6.45, 7) is 4.10. The van der Waals surface area contributed by atoms with Gasteiger partial charge in [0.15, 0.2) is 0 Å². The molecule has 5 heteroatoms. The van der Waals surface area contributed by atoms with Gasteiger partial charge in [-0.25, -0.2) is 0 Å². The van der Waals surface area contributed by atoms with Gasteiger partial charge in [-0.15, -0.1) is 0 Å². The lowest BCUT2D eigenvalue weighted by Crippen LogP contribution is -2.46. The van der Waals surface area contributed by atoms with Crippen LogP contribution in [0.2, 0.25) is 0 Å². The van der Waals surface area contributed by atoms with Gasteiger partial charge in [0.2, 0.25) is 0 Å². The van der Waals surface area contributed by atoms with E-state index in [-0.39, 0.29) is 24.5 Å². The van der Waals surface area contributed by atoms with Gasteiger partial charge in [0.1, 0.15) is 0 Å². The third kappa shape index (κ3) is 5.67. The first-order valence-corrected chi connectivity index (χ1v) is 7.25. The number of likely N-dealkylation sites (N-methyl/N-ethyl adjacent to an activating group) is 2. The summed E-state index contributed by atoms with van der Waals surface area (Å²) in [4.78, 5) is 1.81. The maximum atomic E-state index is 12.4. The maximum absolute atomic E-state index is 12.4. The molecule has 2 atom stereocenters. The molecule has 0 spiro atoms. The summed E-state index contributed by atoms with van der Waals surface area (Å²) in [7, 11) is 3.62. The van der Waals surface area contributed by atoms with Crippen LogP contribution in [-0.2, 0) is 0 Å². The Bertz CT molecular complexity index is 404. The Balaban J connectivity index is 2.88. The topological polar surface area (TPSA) is 15.3 Å². The van der Waals surface area contributed by atoms with E-state index in [1.807, 2.05) is 56.1 Å². The Hall–Kier alpha value is -1.07. The van der Waals surface area contributed by atoms with Crippen molar-refractivity contribution in [2.75, 3.05) is 20.6 Å². The van der Waals surface area contributed by atoms with E-state index in [0.29, 0.717) is 0 Å². The van der Waals surface area contributed by atoms with Gasteiger partial charge in [-0.2, -0.15) is 13.2 Å². The molecule has 0 saturated heterocycles. The van der Waals surface area contributed by atoms with Crippen molar-refractivity contribution in [3.63, 3.8) is 0 Å². The molecule has 0 saturated carbocycles. The molecule has 0 aliphatic carbocycles. The SMILES string of the molecule is CNC(c1ccccc1)C(C(C)C)N(C)CCC(F)(F)F. The van der Waals surface area contributed by atoms with E-state index in [2.05, 4.69) is 5.32 Å². The van der Waals surface area contributed by atoms with Crippen LogP contribution in [0.5, 0.6) is 0 Å². The summed E-state index contributed by atoms with van der Waals surface area (Å²) < 4.78 is 37.3. The molecule has 0 aromatic heterocycles. The highest BCUT2D eigenvalue weighted by atomic mass is 19.4. The molecule has 0 amide bonds. The van der Waals surface area contributed by atoms with Crippen molar-refractivity contribution >= 4 is 0 Å². The van der Waals surface area contributed by atoms with Crippen LogP contribution in [0.1, 0.15) is 31.9 Å². The van der Waals surface area contributed by atoms with Gasteiger partial charge in [-0.3, -0.25) is 0 Å². The van der Waals surface area contributed by atoms with E-state index >= 15 is 0 Å². The molecule has 21 heavy (non-hydrogen) atoms. The van der Waals surface area contributed by atoms with Gasteiger partial charge in [-0.1, -0.05) is 44.2 Å². The predicted molar refractivity (Wildman–Crippen MR) is 80.2 cm³/mol. The predicted octanol–water partition coefficient (Wildman–Crippen LogP) is 3.86. The van der Waals surface area contributed by atoms with Crippen LogP contribution < -0.4 is 5.32 Å². The fourth-order valence-corrected chi connectivity index (χ4v) is 2.80. The highest BCUT2D eigenvalue weighted by molar-refractivity contribution is 5.21. The van der Waals surface area contributed by atoms with E-state index in [1.54, 1.807) is 7.05 Å². The quantitative estimate of drug-likeness (QED) is 0.823. The monoisotopic (exact) mass is 302 g/mol. The molecule has 0 fully saturated rings. The summed E-state index contributed by atoms with van der Waals surface area (Å²) >= 11 is 0. The third-order valence-corrected chi connectivity index (χ3v) is 3.75. The van der Waals surface area contributed by atoms with E-state index in [9.17, 15) is 13.2 Å². The first-order chi connectivity index (χ1) is 9.76. The number of halogens is 3. The maximum Gasteiger partial charge on any atom is 0.390 e. The Morgan fingerprint density at radius 2 is 1.71 bits per heavy atom. The zero-order valence-corrected chi connectivity index (χ0v) is 13.1. The van der Waals surface area contributed by atoms with Crippen molar-refractivity contribution in [1.29, 1.82) is 0 Å². The Kier molecular flexibility index (Phi) is 6.68. The van der Waals surface area contributed by atoms with Crippen LogP contribution in [0.25, 0.3) is 0 Å². The van der Waals surface area contributed by atoms with Gasteiger partial charge in [0.05, 0.1) is 6.42 Å². The van der Waals surface area contributed by atoms with E-state index in [1.165, 1.54) is 0 Å². The molecule has 1 N–H and O–H groups in total. The van der Waals surface area contributed by atoms with Crippen LogP contribution in [0.3, 0.4) is 0 Å². The number of hydrogen-bond acceptors (Lipinski definition) is 2. The normalized spacial score (nSPS) is 15.5. The summed E-state index contributed by atoms with van der Waals surface area (Å²) in [6.07, 6.45) is -4.89. The fourth-order valence-electron chi connectivity index (χ4n) is 2.80. The molecule has 1 aromatic carbocycles. The zero-order chi connectivity index (χ0) is 16.0. The van der Waals surface area contributed by atoms with Gasteiger partial charge < -0.3 is 10.2 Å². The minimum absolute atomic E-state index is 0.000231. The number of hydrogen-bond donors (Lipinski definition) is 1. The van der Waals surface area contributed by atoms with Crippen molar-refractivity contribution in [2.24, 2.45) is 5.92 Å². The smallest absolute Gasteiger partial charge is 0.312 e. The molecule has 2 nitrogen and oxygen atoms in total. The van der Waals surface area contributed by atoms with E-state index in [4.69, 9.17) is 0 Å². The number of nitrogens with one attached hydrogen (secondary N) is 1. The Labute approximate surface area is 125 Å². The van der Waals surface area contributed by atoms with E-state index in [0.717, 1.165) is 5.56 Å². The molecule has 0 heterocycles. The van der Waals surface area contributed by atoms with Crippen LogP contribution in [-0.4, -0.2) is 37.8 Å². The molecule has 2 unspecified atom stereocenters. The van der Waals surface area contributed by atoms with E-state index < -0.39 is 12.6 Å². The molecule has 1 aromatic rings. The minimum Gasteiger partial charge on any atom is -0.312 e. The first kappa shape index (κ1) is 18.0. The summed E-state index contributed by atoms with van der Waals surface area (Å²) in [6, 6.07) is 9.86. The lowest BCUT2D eigenvalue weighted by atomic mass is 9.90. The average Bonchev–Trinajstić information content (AvgIpc) is 2.41. The molecular weight excluding hydrogens is 277 g/mol. The fraction of sp³-hybridized carbons (Fsp3) is 0.625. The highest BCUT2D eigenvalue weighted by Gasteiger charge is 2.32. The number of benzene rings is 1. The molecule has 120 valence electrons. The highest BCUT2D eigenvalue weighted by Crippen LogP contribution is 2.27. The number of rotatable bonds is 7. The van der Waals surface area contributed by atoms with Crippen molar-refractivity contribution < 1.29 is 13.2 Å². The van der Waals surface area contributed by atoms with Gasteiger partial charge >= 0.3 is 6.18 Å². The second-order valence-electron chi connectivity index (χ2n) is 5.76. The second-order valence-corrected chi connectivity index (χ2v) is 5.76. The number of nitrogens with zero attached hydrogens (tertiary/aromatic N) is 1. The average molecular weight is 302 g/mol. The van der Waals surface area contributed by atoms with Crippen LogP contribution in [0.15, 0.2) is 30.3 Å². The third-order valence-electron chi connectivity index (χ3n) is 3.75. The Morgan fingerprint density at radius 1 is 1.14 bits per heavy atom. The summed E-state index contributed by atoms with van der Waals surface area (Å²) in [5, 5.41) is 3.25. The van der Waals surface area contributed by atoms with Gasteiger partial charge in [-0.05, 0) is 25.6 Å². The molecule has 1 rings (SSSR count). The van der Waals surface area contributed by atoms with Crippen molar-refractivity contribution in [2.45, 2.75) is 38.5 Å². The van der Waals surface area contributed by atoms with Crippen molar-refractivity contribution in [3.8, 4) is 0 Å². The van der Waals surface area contributed by atoms with Crippen molar-refractivity contribution in [1.82, 2.24) is 10.2 Å². The second kappa shape index (κ2) is 7.80. The van der Waals surface area contributed by atoms with Crippen LogP contribution in [0.4, 0.5) is 13.2 Å². The van der Waals surface area contributed by atoms with Gasteiger partial charge in [0.25, 0.3) is 0 Å². The largest absolute Gasteiger partial charge is 0.390 e. The lowest BCUT2D eigenvalue weighted by Gasteiger charge is -2.38. The van der Waals surface area contributed by atoms with Crippen LogP contribution >= 0.6 is 0 Å². The summed E-state index contributed by atoms with van der Waals surface area (Å²) in [5.74, 6) is 0.237. The van der Waals surface area contributed by atoms with Gasteiger partial charge in [0, 0.05) is 18.6 Å². The number of alkyl halides is 3. The zero-order valence-electron chi connectivity index (χ0n) is 13.1. The van der Waals surface area contributed by atoms with Crippen LogP contribution in [0, 0.1) is 5.92 Å². The minimum atomic E-state index is -4.11. The standard InChI is InChI=1S/C16H25F3N2/c1-12(2)15(21(4)11-10-16(17,18)19)14(20-3)13-8-6-5-7-9-13/h5-9,12,14-15,20H,10-11H2,1-4H3. The molecule has 0 aliphatic rings. The lowest BCUT2D eigenvalue weighted by molar-refractivity contribution is -0.139. The Morgan fingerprint density at radius 3 is 2.14 bits per heavy atom.